The average Bonchev–Trinajstić information content (AvgIpc) is 3.57. The Kier molecular flexibility index (Phi) is 6.93. The van der Waals surface area contributed by atoms with Crippen LogP contribution in [0.2, 0.25) is 5.02 Å². The van der Waals surface area contributed by atoms with E-state index >= 15 is 0 Å². The van der Waals surface area contributed by atoms with Crippen molar-refractivity contribution in [2.75, 3.05) is 0 Å². The highest BCUT2D eigenvalue weighted by Gasteiger charge is 2.17. The largest absolute Gasteiger partial charge is 0.348 e. The number of hydrogen-bond acceptors (Lipinski definition) is 4. The maximum atomic E-state index is 6.16. The highest BCUT2D eigenvalue weighted by molar-refractivity contribution is 7.98. The molecular formula is C26H26ClN5S. The SMILES string of the molecule is Clc1cccc(CSc2nnc(CCC3=CCc4ccccc43)n2CCCc2cnc[nH]2)c1. The molecule has 2 heterocycles. The van der Waals surface area contributed by atoms with E-state index in [1.165, 1.54) is 22.3 Å². The third-order valence-electron chi connectivity index (χ3n) is 5.98. The Morgan fingerprint density at radius 3 is 2.85 bits per heavy atom. The van der Waals surface area contributed by atoms with E-state index in [1.807, 2.05) is 24.4 Å². The first-order valence-electron chi connectivity index (χ1n) is 11.3. The van der Waals surface area contributed by atoms with Gasteiger partial charge in [-0.15, -0.1) is 10.2 Å². The Hall–Kier alpha value is -2.83. The van der Waals surface area contributed by atoms with Crippen molar-refractivity contribution >= 4 is 28.9 Å². The van der Waals surface area contributed by atoms with Crippen LogP contribution in [0.5, 0.6) is 0 Å². The zero-order valence-corrected chi connectivity index (χ0v) is 19.9. The van der Waals surface area contributed by atoms with E-state index in [0.717, 1.165) is 66.1 Å². The van der Waals surface area contributed by atoms with Crippen molar-refractivity contribution < 1.29 is 0 Å². The molecule has 0 fully saturated rings. The minimum atomic E-state index is 0.764. The van der Waals surface area contributed by atoms with Crippen LogP contribution in [0.3, 0.4) is 0 Å². The summed E-state index contributed by atoms with van der Waals surface area (Å²) in [6.45, 7) is 0.884. The van der Waals surface area contributed by atoms with Crippen LogP contribution < -0.4 is 0 Å². The van der Waals surface area contributed by atoms with Gasteiger partial charge in [-0.25, -0.2) is 4.98 Å². The number of halogens is 1. The van der Waals surface area contributed by atoms with E-state index in [4.69, 9.17) is 11.6 Å². The van der Waals surface area contributed by atoms with Gasteiger partial charge in [-0.2, -0.15) is 0 Å². The number of aromatic nitrogens is 5. The second-order valence-electron chi connectivity index (χ2n) is 8.24. The number of H-pyrrole nitrogens is 1. The lowest BCUT2D eigenvalue weighted by Gasteiger charge is -2.11. The highest BCUT2D eigenvalue weighted by atomic mass is 35.5. The summed E-state index contributed by atoms with van der Waals surface area (Å²) < 4.78 is 2.30. The zero-order valence-electron chi connectivity index (χ0n) is 18.4. The predicted octanol–water partition coefficient (Wildman–Crippen LogP) is 6.15. The number of thioether (sulfide) groups is 1. The summed E-state index contributed by atoms with van der Waals surface area (Å²) in [6.07, 6.45) is 10.8. The maximum Gasteiger partial charge on any atom is 0.191 e. The van der Waals surface area contributed by atoms with E-state index in [-0.39, 0.29) is 0 Å². The van der Waals surface area contributed by atoms with Gasteiger partial charge in [-0.05, 0) is 60.1 Å². The Bertz CT molecular complexity index is 1250. The monoisotopic (exact) mass is 475 g/mol. The van der Waals surface area contributed by atoms with Crippen LogP contribution in [-0.2, 0) is 31.6 Å². The molecule has 2 aromatic heterocycles. The Labute approximate surface area is 203 Å². The van der Waals surface area contributed by atoms with E-state index in [9.17, 15) is 0 Å². The van der Waals surface area contributed by atoms with Crippen molar-refractivity contribution in [3.8, 4) is 0 Å². The fraction of sp³-hybridized carbons (Fsp3) is 0.269. The summed E-state index contributed by atoms with van der Waals surface area (Å²) in [7, 11) is 0. The molecule has 33 heavy (non-hydrogen) atoms. The van der Waals surface area contributed by atoms with Gasteiger partial charge in [0, 0.05) is 35.6 Å². The molecule has 1 aliphatic rings. The lowest BCUT2D eigenvalue weighted by Crippen LogP contribution is -2.07. The number of imidazole rings is 1. The van der Waals surface area contributed by atoms with E-state index < -0.39 is 0 Å². The molecule has 0 spiro atoms. The number of nitrogens with one attached hydrogen (secondary N) is 1. The third kappa shape index (κ3) is 5.40. The van der Waals surface area contributed by atoms with Crippen molar-refractivity contribution in [3.05, 3.63) is 100 Å². The molecule has 0 radical (unpaired) electrons. The van der Waals surface area contributed by atoms with Crippen LogP contribution >= 0.6 is 23.4 Å². The quantitative estimate of drug-likeness (QED) is 0.279. The van der Waals surface area contributed by atoms with Crippen LogP contribution in [0.1, 0.15) is 41.1 Å². The second-order valence-corrected chi connectivity index (χ2v) is 9.62. The molecular weight excluding hydrogens is 450 g/mol. The summed E-state index contributed by atoms with van der Waals surface area (Å²) >= 11 is 7.88. The van der Waals surface area contributed by atoms with Gasteiger partial charge in [0.25, 0.3) is 0 Å². The van der Waals surface area contributed by atoms with Crippen LogP contribution in [0.25, 0.3) is 5.57 Å². The summed E-state index contributed by atoms with van der Waals surface area (Å²) in [5.74, 6) is 1.87. The molecule has 0 saturated carbocycles. The number of aromatic amines is 1. The molecule has 0 unspecified atom stereocenters. The molecule has 4 aromatic rings. The number of nitrogens with zero attached hydrogens (tertiary/aromatic N) is 4. The minimum Gasteiger partial charge on any atom is -0.348 e. The predicted molar refractivity (Wildman–Crippen MR) is 134 cm³/mol. The second kappa shape index (κ2) is 10.4. The smallest absolute Gasteiger partial charge is 0.191 e. The number of aryl methyl sites for hydroxylation is 2. The lowest BCUT2D eigenvalue weighted by molar-refractivity contribution is 0.567. The molecule has 0 amide bonds. The molecule has 1 N–H and O–H groups in total. The Morgan fingerprint density at radius 1 is 1.03 bits per heavy atom. The summed E-state index contributed by atoms with van der Waals surface area (Å²) in [5, 5.41) is 10.9. The molecule has 7 heteroatoms. The fourth-order valence-corrected chi connectivity index (χ4v) is 5.44. The van der Waals surface area contributed by atoms with Gasteiger partial charge in [-0.3, -0.25) is 0 Å². The summed E-state index contributed by atoms with van der Waals surface area (Å²) in [5.41, 5.74) is 6.58. The molecule has 0 aliphatic heterocycles. The van der Waals surface area contributed by atoms with Crippen LogP contribution in [0, 0.1) is 0 Å². The average molecular weight is 476 g/mol. The number of allylic oxidation sites excluding steroid dienone is 2. The van der Waals surface area contributed by atoms with Crippen molar-refractivity contribution in [3.63, 3.8) is 0 Å². The summed E-state index contributed by atoms with van der Waals surface area (Å²) in [4.78, 5) is 7.32. The van der Waals surface area contributed by atoms with E-state index in [2.05, 4.69) is 61.1 Å². The first-order chi connectivity index (χ1) is 16.3. The normalized spacial score (nSPS) is 12.7. The van der Waals surface area contributed by atoms with Crippen molar-refractivity contribution in [1.82, 2.24) is 24.7 Å². The van der Waals surface area contributed by atoms with E-state index in [1.54, 1.807) is 18.1 Å². The lowest BCUT2D eigenvalue weighted by atomic mass is 10.0. The standard InChI is InChI=1S/C26H26ClN5S/c27-22-7-3-5-19(15-22)17-33-26-31-30-25(32(26)14-4-8-23-16-28-18-29-23)13-12-21-11-10-20-6-1-2-9-24(20)21/h1-3,5-7,9,11,15-16,18H,4,8,10,12-14,17H2,(H,28,29). The number of hydrogen-bond donors (Lipinski definition) is 1. The topological polar surface area (TPSA) is 59.4 Å². The third-order valence-corrected chi connectivity index (χ3v) is 7.26. The minimum absolute atomic E-state index is 0.764. The van der Waals surface area contributed by atoms with Crippen molar-refractivity contribution in [2.24, 2.45) is 0 Å². The van der Waals surface area contributed by atoms with Crippen LogP contribution in [0.4, 0.5) is 0 Å². The molecule has 1 aliphatic carbocycles. The molecule has 5 nitrogen and oxygen atoms in total. The molecule has 5 rings (SSSR count). The van der Waals surface area contributed by atoms with Crippen LogP contribution in [-0.4, -0.2) is 24.7 Å². The number of fused-ring (bicyclic) bond motifs is 1. The Morgan fingerprint density at radius 2 is 1.97 bits per heavy atom. The first-order valence-corrected chi connectivity index (χ1v) is 12.7. The van der Waals surface area contributed by atoms with Gasteiger partial charge in [0.1, 0.15) is 5.82 Å². The van der Waals surface area contributed by atoms with Gasteiger partial charge < -0.3 is 9.55 Å². The molecule has 168 valence electrons. The van der Waals surface area contributed by atoms with Gasteiger partial charge in [0.05, 0.1) is 6.33 Å². The highest BCUT2D eigenvalue weighted by Crippen LogP contribution is 2.31. The van der Waals surface area contributed by atoms with Gasteiger partial charge in [0.15, 0.2) is 5.16 Å². The summed E-state index contributed by atoms with van der Waals surface area (Å²) in [6, 6.07) is 16.7. The zero-order chi connectivity index (χ0) is 22.5. The number of benzene rings is 2. The van der Waals surface area contributed by atoms with Gasteiger partial charge in [0.2, 0.25) is 0 Å². The Balaban J connectivity index is 1.29. The molecule has 0 atom stereocenters. The van der Waals surface area contributed by atoms with Crippen molar-refractivity contribution in [2.45, 2.75) is 49.6 Å². The fourth-order valence-electron chi connectivity index (χ4n) is 4.30. The maximum absolute atomic E-state index is 6.16. The van der Waals surface area contributed by atoms with Gasteiger partial charge >= 0.3 is 0 Å². The van der Waals surface area contributed by atoms with Crippen molar-refractivity contribution in [1.29, 1.82) is 0 Å². The molecule has 2 aromatic carbocycles. The first kappa shape index (κ1) is 22.0. The van der Waals surface area contributed by atoms with Gasteiger partial charge in [-0.1, -0.05) is 65.8 Å². The number of rotatable bonds is 10. The van der Waals surface area contributed by atoms with E-state index in [0.29, 0.717) is 0 Å². The molecule has 0 saturated heterocycles. The van der Waals surface area contributed by atoms with Crippen LogP contribution in [0.15, 0.2) is 72.3 Å². The molecule has 0 bridgehead atoms.